The Kier molecular flexibility index (Phi) is 3.43. The molecule has 0 aliphatic heterocycles. The van der Waals surface area contributed by atoms with E-state index in [-0.39, 0.29) is 5.92 Å². The summed E-state index contributed by atoms with van der Waals surface area (Å²) in [5.74, 6) is 0.272. The third-order valence-corrected chi connectivity index (χ3v) is 2.42. The van der Waals surface area contributed by atoms with Crippen molar-refractivity contribution in [3.63, 3.8) is 0 Å². The van der Waals surface area contributed by atoms with Crippen molar-refractivity contribution in [1.82, 2.24) is 4.98 Å². The molecule has 0 spiro atoms. The van der Waals surface area contributed by atoms with E-state index in [0.29, 0.717) is 0 Å². The summed E-state index contributed by atoms with van der Waals surface area (Å²) in [6.45, 7) is 6.12. The first-order valence-corrected chi connectivity index (χ1v) is 4.75. The summed E-state index contributed by atoms with van der Waals surface area (Å²) in [6, 6.07) is 3.88. The number of hydrogen-bond acceptors (Lipinski definition) is 2. The highest BCUT2D eigenvalue weighted by Crippen LogP contribution is 2.22. The van der Waals surface area contributed by atoms with Crippen molar-refractivity contribution in [2.45, 2.75) is 33.3 Å². The number of aromatic nitrogens is 1. The van der Waals surface area contributed by atoms with E-state index < -0.39 is 6.10 Å². The number of pyridine rings is 1. The monoisotopic (exact) mass is 179 g/mol. The van der Waals surface area contributed by atoms with Crippen LogP contribution in [0.1, 0.15) is 37.6 Å². The van der Waals surface area contributed by atoms with Crippen molar-refractivity contribution in [1.29, 1.82) is 0 Å². The Balaban J connectivity index is 2.82. The van der Waals surface area contributed by atoms with E-state index in [4.69, 9.17) is 0 Å². The van der Waals surface area contributed by atoms with E-state index in [0.717, 1.165) is 17.7 Å². The number of aliphatic hydroxyl groups excluding tert-OH is 1. The first-order valence-electron chi connectivity index (χ1n) is 4.75. The van der Waals surface area contributed by atoms with Gasteiger partial charge in [-0.05, 0) is 30.5 Å². The highest BCUT2D eigenvalue weighted by atomic mass is 16.3. The standard InChI is InChI=1S/C11H17NO/c1-4-9(3)11(13)10-7-8(2)5-6-12-10/h5-7,9,11,13H,4H2,1-3H3. The van der Waals surface area contributed by atoms with Crippen LogP contribution in [0.5, 0.6) is 0 Å². The van der Waals surface area contributed by atoms with Crippen LogP contribution in [-0.2, 0) is 0 Å². The number of aryl methyl sites for hydroxylation is 1. The molecule has 1 heterocycles. The number of nitrogens with zero attached hydrogens (tertiary/aromatic N) is 1. The third kappa shape index (κ3) is 2.52. The van der Waals surface area contributed by atoms with Crippen LogP contribution in [-0.4, -0.2) is 10.1 Å². The van der Waals surface area contributed by atoms with Crippen molar-refractivity contribution >= 4 is 0 Å². The van der Waals surface area contributed by atoms with Gasteiger partial charge in [-0.25, -0.2) is 0 Å². The lowest BCUT2D eigenvalue weighted by atomic mass is 9.98. The van der Waals surface area contributed by atoms with Crippen LogP contribution in [0.2, 0.25) is 0 Å². The van der Waals surface area contributed by atoms with Crippen LogP contribution in [0.4, 0.5) is 0 Å². The molecule has 1 aromatic rings. The number of rotatable bonds is 3. The molecule has 0 amide bonds. The SMILES string of the molecule is CCC(C)C(O)c1cc(C)ccn1. The van der Waals surface area contributed by atoms with Gasteiger partial charge in [-0.3, -0.25) is 4.98 Å². The molecule has 0 saturated heterocycles. The lowest BCUT2D eigenvalue weighted by Gasteiger charge is -2.16. The summed E-state index contributed by atoms with van der Waals surface area (Å²) >= 11 is 0. The van der Waals surface area contributed by atoms with Gasteiger partial charge < -0.3 is 5.11 Å². The van der Waals surface area contributed by atoms with Gasteiger partial charge in [0, 0.05) is 6.20 Å². The number of aliphatic hydroxyl groups is 1. The second kappa shape index (κ2) is 4.38. The minimum Gasteiger partial charge on any atom is -0.387 e. The zero-order chi connectivity index (χ0) is 9.84. The maximum Gasteiger partial charge on any atom is 0.0985 e. The molecule has 0 aliphatic rings. The molecule has 1 rings (SSSR count). The van der Waals surface area contributed by atoms with Crippen molar-refractivity contribution in [3.05, 3.63) is 29.6 Å². The molecule has 0 radical (unpaired) electrons. The van der Waals surface area contributed by atoms with Gasteiger partial charge in [-0.15, -0.1) is 0 Å². The van der Waals surface area contributed by atoms with Crippen molar-refractivity contribution in [3.8, 4) is 0 Å². The molecular formula is C11H17NO. The molecule has 1 N–H and O–H groups in total. The van der Waals surface area contributed by atoms with Gasteiger partial charge in [-0.2, -0.15) is 0 Å². The molecular weight excluding hydrogens is 162 g/mol. The molecule has 0 fully saturated rings. The Morgan fingerprint density at radius 2 is 2.23 bits per heavy atom. The molecule has 2 atom stereocenters. The van der Waals surface area contributed by atoms with Crippen LogP contribution >= 0.6 is 0 Å². The average Bonchev–Trinajstić information content (AvgIpc) is 2.15. The van der Waals surface area contributed by atoms with E-state index in [9.17, 15) is 5.11 Å². The molecule has 0 bridgehead atoms. The molecule has 2 unspecified atom stereocenters. The van der Waals surface area contributed by atoms with Crippen molar-refractivity contribution in [2.75, 3.05) is 0 Å². The van der Waals surface area contributed by atoms with E-state index in [2.05, 4.69) is 11.9 Å². The second-order valence-corrected chi connectivity index (χ2v) is 3.59. The minimum atomic E-state index is -0.426. The van der Waals surface area contributed by atoms with Crippen LogP contribution in [0.25, 0.3) is 0 Å². The summed E-state index contributed by atoms with van der Waals surface area (Å²) in [7, 11) is 0. The predicted molar refractivity (Wildman–Crippen MR) is 53.4 cm³/mol. The third-order valence-electron chi connectivity index (χ3n) is 2.42. The van der Waals surface area contributed by atoms with E-state index in [1.54, 1.807) is 6.20 Å². The Hall–Kier alpha value is -0.890. The van der Waals surface area contributed by atoms with Gasteiger partial charge in [0.05, 0.1) is 11.8 Å². The quantitative estimate of drug-likeness (QED) is 0.773. The Morgan fingerprint density at radius 1 is 1.54 bits per heavy atom. The van der Waals surface area contributed by atoms with Gasteiger partial charge in [0.1, 0.15) is 0 Å². The van der Waals surface area contributed by atoms with Gasteiger partial charge in [0.15, 0.2) is 0 Å². The minimum absolute atomic E-state index is 0.272. The Bertz CT molecular complexity index is 273. The fraction of sp³-hybridized carbons (Fsp3) is 0.545. The van der Waals surface area contributed by atoms with Crippen LogP contribution in [0, 0.1) is 12.8 Å². The molecule has 0 saturated carbocycles. The summed E-state index contributed by atoms with van der Waals surface area (Å²) in [6.07, 6.45) is 2.29. The highest BCUT2D eigenvalue weighted by molar-refractivity contribution is 5.16. The van der Waals surface area contributed by atoms with E-state index in [1.807, 2.05) is 26.0 Å². The summed E-state index contributed by atoms with van der Waals surface area (Å²) in [5, 5.41) is 9.85. The summed E-state index contributed by atoms with van der Waals surface area (Å²) in [4.78, 5) is 4.16. The van der Waals surface area contributed by atoms with Crippen molar-refractivity contribution < 1.29 is 5.11 Å². The summed E-state index contributed by atoms with van der Waals surface area (Å²) < 4.78 is 0. The maximum absolute atomic E-state index is 9.85. The average molecular weight is 179 g/mol. The smallest absolute Gasteiger partial charge is 0.0985 e. The maximum atomic E-state index is 9.85. The molecule has 13 heavy (non-hydrogen) atoms. The van der Waals surface area contributed by atoms with Gasteiger partial charge in [-0.1, -0.05) is 20.3 Å². The predicted octanol–water partition coefficient (Wildman–Crippen LogP) is 2.47. The van der Waals surface area contributed by atoms with E-state index >= 15 is 0 Å². The van der Waals surface area contributed by atoms with Crippen LogP contribution < -0.4 is 0 Å². The topological polar surface area (TPSA) is 33.1 Å². The molecule has 2 nitrogen and oxygen atoms in total. The first-order chi connectivity index (χ1) is 6.15. The molecule has 1 aromatic heterocycles. The summed E-state index contributed by atoms with van der Waals surface area (Å²) in [5.41, 5.74) is 1.93. The molecule has 72 valence electrons. The fourth-order valence-electron chi connectivity index (χ4n) is 1.24. The largest absolute Gasteiger partial charge is 0.387 e. The first kappa shape index (κ1) is 10.2. The fourth-order valence-corrected chi connectivity index (χ4v) is 1.24. The second-order valence-electron chi connectivity index (χ2n) is 3.59. The Labute approximate surface area is 79.6 Å². The molecule has 2 heteroatoms. The van der Waals surface area contributed by atoms with Crippen molar-refractivity contribution in [2.24, 2.45) is 5.92 Å². The van der Waals surface area contributed by atoms with Gasteiger partial charge in [0.2, 0.25) is 0 Å². The van der Waals surface area contributed by atoms with Gasteiger partial charge in [0.25, 0.3) is 0 Å². The zero-order valence-electron chi connectivity index (χ0n) is 8.49. The van der Waals surface area contributed by atoms with E-state index in [1.165, 1.54) is 0 Å². The molecule has 0 aliphatic carbocycles. The van der Waals surface area contributed by atoms with Crippen LogP contribution in [0.3, 0.4) is 0 Å². The molecule has 0 aromatic carbocycles. The highest BCUT2D eigenvalue weighted by Gasteiger charge is 2.15. The lowest BCUT2D eigenvalue weighted by molar-refractivity contribution is 0.111. The lowest BCUT2D eigenvalue weighted by Crippen LogP contribution is -2.09. The number of hydrogen-bond donors (Lipinski definition) is 1. The van der Waals surface area contributed by atoms with Crippen LogP contribution in [0.15, 0.2) is 18.3 Å². The Morgan fingerprint density at radius 3 is 2.77 bits per heavy atom. The van der Waals surface area contributed by atoms with Gasteiger partial charge >= 0.3 is 0 Å². The normalized spacial score (nSPS) is 15.4. The zero-order valence-corrected chi connectivity index (χ0v) is 8.49.